The van der Waals surface area contributed by atoms with Gasteiger partial charge in [-0.3, -0.25) is 14.4 Å². The van der Waals surface area contributed by atoms with Crippen molar-refractivity contribution in [2.75, 3.05) is 24.0 Å². The van der Waals surface area contributed by atoms with E-state index in [2.05, 4.69) is 16.0 Å². The van der Waals surface area contributed by atoms with Crippen LogP contribution < -0.4 is 21.7 Å². The molecule has 0 aromatic carbocycles. The third-order valence-corrected chi connectivity index (χ3v) is 5.84. The molecule has 7 N–H and O–H groups in total. The van der Waals surface area contributed by atoms with E-state index in [4.69, 9.17) is 5.73 Å². The zero-order valence-electron chi connectivity index (χ0n) is 18.7. The molecule has 0 saturated heterocycles. The lowest BCUT2D eigenvalue weighted by Crippen LogP contribution is -2.58. The molecule has 0 aliphatic carbocycles. The first kappa shape index (κ1) is 29.5. The van der Waals surface area contributed by atoms with Crippen molar-refractivity contribution in [2.24, 2.45) is 11.7 Å². The molecule has 0 bridgehead atoms. The lowest BCUT2D eigenvalue weighted by molar-refractivity contribution is -0.145. The molecule has 180 valence electrons. The van der Waals surface area contributed by atoms with Crippen molar-refractivity contribution in [1.29, 1.82) is 0 Å². The van der Waals surface area contributed by atoms with Crippen LogP contribution in [-0.2, 0) is 19.2 Å². The van der Waals surface area contributed by atoms with E-state index < -0.39 is 54.0 Å². The molecular weight excluding hydrogens is 444 g/mol. The zero-order valence-corrected chi connectivity index (χ0v) is 20.3. The summed E-state index contributed by atoms with van der Waals surface area (Å²) in [5.41, 5.74) is 5.87. The van der Waals surface area contributed by atoms with Crippen molar-refractivity contribution in [2.45, 2.75) is 63.9 Å². The van der Waals surface area contributed by atoms with Crippen molar-refractivity contribution < 1.29 is 29.4 Å². The van der Waals surface area contributed by atoms with E-state index >= 15 is 0 Å². The Hall–Kier alpha value is -1.50. The normalized spacial score (nSPS) is 16.0. The highest BCUT2D eigenvalue weighted by Crippen LogP contribution is 2.07. The first-order chi connectivity index (χ1) is 14.5. The number of carboxylic acids is 1. The van der Waals surface area contributed by atoms with Crippen molar-refractivity contribution in [1.82, 2.24) is 16.0 Å². The summed E-state index contributed by atoms with van der Waals surface area (Å²) in [7, 11) is 0. The van der Waals surface area contributed by atoms with Gasteiger partial charge in [-0.15, -0.1) is 0 Å². The van der Waals surface area contributed by atoms with Crippen molar-refractivity contribution >= 4 is 47.2 Å². The van der Waals surface area contributed by atoms with E-state index in [0.29, 0.717) is 17.9 Å². The molecule has 0 aromatic heterocycles. The number of hydrogen-bond acceptors (Lipinski definition) is 8. The molecule has 0 fully saturated rings. The number of carbonyl (C=O) groups is 4. The fourth-order valence-electron chi connectivity index (χ4n) is 2.49. The van der Waals surface area contributed by atoms with Gasteiger partial charge in [0.05, 0.1) is 12.1 Å². The van der Waals surface area contributed by atoms with Crippen molar-refractivity contribution in [3.05, 3.63) is 0 Å². The number of nitrogens with two attached hydrogens (primary N) is 1. The minimum absolute atomic E-state index is 0.113. The Morgan fingerprint density at radius 2 is 1.26 bits per heavy atom. The molecule has 5 atom stereocenters. The monoisotopic (exact) mass is 480 g/mol. The summed E-state index contributed by atoms with van der Waals surface area (Å²) in [6.45, 7) is 4.84. The predicted molar refractivity (Wildman–Crippen MR) is 124 cm³/mol. The molecule has 0 saturated carbocycles. The highest BCUT2D eigenvalue weighted by molar-refractivity contribution is 7.98. The van der Waals surface area contributed by atoms with Gasteiger partial charge in [0.25, 0.3) is 0 Å². The maximum atomic E-state index is 12.9. The van der Waals surface area contributed by atoms with Gasteiger partial charge in [0.15, 0.2) is 6.04 Å². The minimum Gasteiger partial charge on any atom is -0.480 e. The van der Waals surface area contributed by atoms with Gasteiger partial charge in [-0.2, -0.15) is 23.5 Å². The number of aliphatic carboxylic acids is 1. The molecule has 0 aromatic rings. The smallest absolute Gasteiger partial charge is 0.328 e. The minimum atomic E-state index is -1.50. The van der Waals surface area contributed by atoms with Crippen LogP contribution in [0, 0.1) is 5.92 Å². The number of nitrogens with one attached hydrogen (secondary N) is 3. The maximum Gasteiger partial charge on any atom is 0.328 e. The summed E-state index contributed by atoms with van der Waals surface area (Å²) in [6, 6.07) is -4.19. The van der Waals surface area contributed by atoms with Gasteiger partial charge in [-0.25, -0.2) is 4.79 Å². The first-order valence-corrected chi connectivity index (χ1v) is 12.8. The predicted octanol–water partition coefficient (Wildman–Crippen LogP) is -0.604. The second kappa shape index (κ2) is 15.3. The molecule has 3 amide bonds. The van der Waals surface area contributed by atoms with Crippen LogP contribution >= 0.6 is 23.5 Å². The number of carboxylic acid groups (broad SMARTS) is 1. The molecule has 10 nitrogen and oxygen atoms in total. The van der Waals surface area contributed by atoms with Crippen molar-refractivity contribution in [3.8, 4) is 0 Å². The number of hydrogen-bond donors (Lipinski definition) is 6. The largest absolute Gasteiger partial charge is 0.480 e. The molecule has 31 heavy (non-hydrogen) atoms. The van der Waals surface area contributed by atoms with Crippen LogP contribution in [-0.4, -0.2) is 88.2 Å². The summed E-state index contributed by atoms with van der Waals surface area (Å²) < 4.78 is 0. The van der Waals surface area contributed by atoms with Gasteiger partial charge < -0.3 is 31.9 Å². The molecular formula is C19H36N4O6S2. The fourth-order valence-corrected chi connectivity index (χ4v) is 3.44. The van der Waals surface area contributed by atoms with Crippen LogP contribution in [0.4, 0.5) is 0 Å². The lowest BCUT2D eigenvalue weighted by Gasteiger charge is -2.26. The number of aliphatic hydroxyl groups excluding tert-OH is 1. The third kappa shape index (κ3) is 11.1. The molecule has 0 rings (SSSR count). The number of carbonyl (C=O) groups excluding carboxylic acids is 3. The SMILES string of the molecule is CSCCC(NC(=O)C(CCSC)NC(=O)C(N)C(C)C)C(=O)NC(C(=O)O)C(C)O. The van der Waals surface area contributed by atoms with E-state index in [-0.39, 0.29) is 12.3 Å². The Kier molecular flexibility index (Phi) is 14.6. The van der Waals surface area contributed by atoms with Crippen LogP contribution in [0.3, 0.4) is 0 Å². The van der Waals surface area contributed by atoms with Gasteiger partial charge >= 0.3 is 5.97 Å². The average Bonchev–Trinajstić information content (AvgIpc) is 2.70. The Morgan fingerprint density at radius 1 is 0.839 bits per heavy atom. The summed E-state index contributed by atoms with van der Waals surface area (Å²) >= 11 is 2.96. The Balaban J connectivity index is 5.41. The van der Waals surface area contributed by atoms with E-state index in [1.807, 2.05) is 12.5 Å². The molecule has 0 aliphatic heterocycles. The first-order valence-electron chi connectivity index (χ1n) is 10.0. The molecule has 12 heteroatoms. The summed E-state index contributed by atoms with van der Waals surface area (Å²) in [6.07, 6.45) is 2.98. The van der Waals surface area contributed by atoms with Gasteiger partial charge in [0.2, 0.25) is 17.7 Å². The average molecular weight is 481 g/mol. The zero-order chi connectivity index (χ0) is 24.1. The summed E-state index contributed by atoms with van der Waals surface area (Å²) in [5, 5.41) is 26.3. The van der Waals surface area contributed by atoms with Gasteiger partial charge in [0.1, 0.15) is 12.1 Å². The molecule has 0 aliphatic rings. The topological polar surface area (TPSA) is 171 Å². The van der Waals surface area contributed by atoms with Crippen LogP contribution in [0.15, 0.2) is 0 Å². The number of thioether (sulfide) groups is 2. The molecule has 0 heterocycles. The van der Waals surface area contributed by atoms with E-state index in [1.165, 1.54) is 30.4 Å². The Morgan fingerprint density at radius 3 is 1.61 bits per heavy atom. The summed E-state index contributed by atoms with van der Waals surface area (Å²) in [4.78, 5) is 49.1. The second-order valence-corrected chi connectivity index (χ2v) is 9.49. The molecule has 5 unspecified atom stereocenters. The number of rotatable bonds is 15. The van der Waals surface area contributed by atoms with Crippen molar-refractivity contribution in [3.63, 3.8) is 0 Å². The second-order valence-electron chi connectivity index (χ2n) is 7.52. The number of amides is 3. The van der Waals surface area contributed by atoms with Crippen LogP contribution in [0.1, 0.15) is 33.6 Å². The quantitative estimate of drug-likeness (QED) is 0.179. The molecule has 0 radical (unpaired) electrons. The van der Waals surface area contributed by atoms with Crippen LogP contribution in [0.5, 0.6) is 0 Å². The standard InChI is InChI=1S/C19H36N4O6S2/c1-10(2)14(20)18(27)22-12(6-8-30-4)16(25)21-13(7-9-31-5)17(26)23-15(11(3)24)19(28)29/h10-15,24H,6-9,20H2,1-5H3,(H,21,25)(H,22,27)(H,23,26)(H,28,29). The number of aliphatic hydroxyl groups is 1. The maximum absolute atomic E-state index is 12.9. The van der Waals surface area contributed by atoms with Gasteiger partial charge in [-0.05, 0) is 49.7 Å². The Labute approximate surface area is 192 Å². The molecule has 0 spiro atoms. The third-order valence-electron chi connectivity index (χ3n) is 4.55. The van der Waals surface area contributed by atoms with Crippen LogP contribution in [0.2, 0.25) is 0 Å². The fraction of sp³-hybridized carbons (Fsp3) is 0.789. The van der Waals surface area contributed by atoms with Gasteiger partial charge in [-0.1, -0.05) is 13.8 Å². The highest BCUT2D eigenvalue weighted by atomic mass is 32.2. The Bertz CT molecular complexity index is 606. The van der Waals surface area contributed by atoms with E-state index in [0.717, 1.165) is 0 Å². The summed E-state index contributed by atoms with van der Waals surface area (Å²) in [5.74, 6) is -2.09. The lowest BCUT2D eigenvalue weighted by atomic mass is 10.0. The van der Waals surface area contributed by atoms with E-state index in [1.54, 1.807) is 13.8 Å². The highest BCUT2D eigenvalue weighted by Gasteiger charge is 2.31. The van der Waals surface area contributed by atoms with Crippen LogP contribution in [0.25, 0.3) is 0 Å². The van der Waals surface area contributed by atoms with Gasteiger partial charge in [0, 0.05) is 0 Å². The van der Waals surface area contributed by atoms with E-state index in [9.17, 15) is 29.4 Å².